The van der Waals surface area contributed by atoms with Crippen molar-refractivity contribution < 1.29 is 0 Å². The topological polar surface area (TPSA) is 66.0 Å². The first-order valence-electron chi connectivity index (χ1n) is 8.28. The van der Waals surface area contributed by atoms with E-state index in [1.165, 1.54) is 19.3 Å². The fraction of sp³-hybridized carbons (Fsp3) is 0.471. The molecule has 0 bridgehead atoms. The van der Waals surface area contributed by atoms with Crippen molar-refractivity contribution in [3.05, 3.63) is 36.7 Å². The zero-order valence-corrected chi connectivity index (χ0v) is 13.3. The second-order valence-electron chi connectivity index (χ2n) is 6.43. The summed E-state index contributed by atoms with van der Waals surface area (Å²) >= 11 is 0. The van der Waals surface area contributed by atoms with Crippen molar-refractivity contribution >= 4 is 5.95 Å². The summed E-state index contributed by atoms with van der Waals surface area (Å²) < 4.78 is 0. The van der Waals surface area contributed by atoms with Crippen molar-refractivity contribution in [2.75, 3.05) is 18.5 Å². The second-order valence-corrected chi connectivity index (χ2v) is 6.43. The molecule has 3 heterocycles. The molecule has 2 N–H and O–H groups in total. The number of anilines is 1. The standard InChI is InChI=1S/C17H22N6/c1-23(11-16-12-5-4-7-13(12)21-22-16)17-19-10-8-15(20-17)14-6-2-3-9-18-14/h2-3,6,8-10,12-13,16,21-22H,4-5,7,11H2,1H3. The van der Waals surface area contributed by atoms with E-state index in [9.17, 15) is 0 Å². The van der Waals surface area contributed by atoms with Crippen LogP contribution in [0.1, 0.15) is 19.3 Å². The Bertz CT molecular complexity index is 661. The molecule has 1 aliphatic heterocycles. The van der Waals surface area contributed by atoms with Crippen molar-refractivity contribution in [2.45, 2.75) is 31.3 Å². The molecule has 0 amide bonds. The second kappa shape index (κ2) is 6.22. The van der Waals surface area contributed by atoms with E-state index in [1.54, 1.807) is 6.20 Å². The van der Waals surface area contributed by atoms with E-state index >= 15 is 0 Å². The maximum atomic E-state index is 4.67. The molecule has 1 saturated heterocycles. The molecule has 3 unspecified atom stereocenters. The van der Waals surface area contributed by atoms with Crippen LogP contribution in [0.3, 0.4) is 0 Å². The van der Waals surface area contributed by atoms with Crippen LogP contribution in [-0.4, -0.2) is 40.6 Å². The minimum Gasteiger partial charge on any atom is -0.342 e. The molecule has 0 spiro atoms. The van der Waals surface area contributed by atoms with Crippen LogP contribution in [0.2, 0.25) is 0 Å². The minimum absolute atomic E-state index is 0.453. The summed E-state index contributed by atoms with van der Waals surface area (Å²) in [5.41, 5.74) is 8.62. The number of likely N-dealkylation sites (N-methyl/N-ethyl adjacent to an activating group) is 1. The van der Waals surface area contributed by atoms with Crippen molar-refractivity contribution in [2.24, 2.45) is 5.92 Å². The van der Waals surface area contributed by atoms with Gasteiger partial charge in [0.25, 0.3) is 0 Å². The summed E-state index contributed by atoms with van der Waals surface area (Å²) in [6.07, 6.45) is 7.51. The average molecular weight is 310 g/mol. The highest BCUT2D eigenvalue weighted by Crippen LogP contribution is 2.32. The highest BCUT2D eigenvalue weighted by Gasteiger charge is 2.39. The number of hydrogen-bond donors (Lipinski definition) is 2. The minimum atomic E-state index is 0.453. The largest absolute Gasteiger partial charge is 0.342 e. The van der Waals surface area contributed by atoms with Gasteiger partial charge in [-0.15, -0.1) is 0 Å². The molecule has 0 radical (unpaired) electrons. The molecule has 2 fully saturated rings. The number of hydrogen-bond acceptors (Lipinski definition) is 6. The van der Waals surface area contributed by atoms with Gasteiger partial charge in [-0.05, 0) is 37.0 Å². The van der Waals surface area contributed by atoms with Gasteiger partial charge in [-0.3, -0.25) is 15.8 Å². The molecule has 2 aromatic heterocycles. The predicted octanol–water partition coefficient (Wildman–Crippen LogP) is 1.62. The van der Waals surface area contributed by atoms with Crippen LogP contribution in [0.25, 0.3) is 11.4 Å². The van der Waals surface area contributed by atoms with E-state index in [1.807, 2.05) is 30.5 Å². The summed E-state index contributed by atoms with van der Waals surface area (Å²) in [4.78, 5) is 15.6. The van der Waals surface area contributed by atoms with Crippen LogP contribution in [0.5, 0.6) is 0 Å². The molecule has 1 saturated carbocycles. The van der Waals surface area contributed by atoms with Gasteiger partial charge in [0.1, 0.15) is 0 Å². The molecule has 6 heteroatoms. The molecule has 2 aliphatic rings. The van der Waals surface area contributed by atoms with Crippen molar-refractivity contribution in [1.29, 1.82) is 0 Å². The third kappa shape index (κ3) is 2.92. The molecule has 0 aromatic carbocycles. The first kappa shape index (κ1) is 14.5. The Hall–Kier alpha value is -2.05. The maximum Gasteiger partial charge on any atom is 0.225 e. The van der Waals surface area contributed by atoms with E-state index in [4.69, 9.17) is 0 Å². The van der Waals surface area contributed by atoms with Gasteiger partial charge >= 0.3 is 0 Å². The monoisotopic (exact) mass is 310 g/mol. The molecule has 120 valence electrons. The van der Waals surface area contributed by atoms with E-state index in [0.29, 0.717) is 12.1 Å². The van der Waals surface area contributed by atoms with Crippen molar-refractivity contribution in [3.63, 3.8) is 0 Å². The van der Waals surface area contributed by atoms with Gasteiger partial charge in [0.15, 0.2) is 0 Å². The first-order chi connectivity index (χ1) is 11.3. The van der Waals surface area contributed by atoms with Gasteiger partial charge < -0.3 is 4.90 Å². The van der Waals surface area contributed by atoms with Gasteiger partial charge in [-0.25, -0.2) is 9.97 Å². The predicted molar refractivity (Wildman–Crippen MR) is 89.7 cm³/mol. The van der Waals surface area contributed by atoms with Gasteiger partial charge in [0.2, 0.25) is 5.95 Å². The molecular weight excluding hydrogens is 288 g/mol. The Balaban J connectivity index is 1.49. The number of aromatic nitrogens is 3. The molecular formula is C17H22N6. The van der Waals surface area contributed by atoms with Crippen LogP contribution >= 0.6 is 0 Å². The lowest BCUT2D eigenvalue weighted by molar-refractivity contribution is 0.444. The summed E-state index contributed by atoms with van der Waals surface area (Å²) in [6, 6.07) is 8.85. The molecule has 1 aliphatic carbocycles. The summed E-state index contributed by atoms with van der Waals surface area (Å²) in [7, 11) is 2.06. The first-order valence-corrected chi connectivity index (χ1v) is 8.28. The Morgan fingerprint density at radius 3 is 2.91 bits per heavy atom. The van der Waals surface area contributed by atoms with Crippen LogP contribution in [-0.2, 0) is 0 Å². The number of hydrazine groups is 1. The lowest BCUT2D eigenvalue weighted by atomic mass is 9.97. The summed E-state index contributed by atoms with van der Waals surface area (Å²) in [6.45, 7) is 0.903. The highest BCUT2D eigenvalue weighted by molar-refractivity contribution is 5.55. The maximum absolute atomic E-state index is 4.67. The smallest absolute Gasteiger partial charge is 0.225 e. The lowest BCUT2D eigenvalue weighted by Crippen LogP contribution is -2.42. The number of nitrogens with zero attached hydrogens (tertiary/aromatic N) is 4. The Morgan fingerprint density at radius 2 is 2.04 bits per heavy atom. The molecule has 6 nitrogen and oxygen atoms in total. The van der Waals surface area contributed by atoms with E-state index < -0.39 is 0 Å². The van der Waals surface area contributed by atoms with Gasteiger partial charge in [-0.1, -0.05) is 12.5 Å². The van der Waals surface area contributed by atoms with Crippen LogP contribution in [0, 0.1) is 5.92 Å². The molecule has 3 atom stereocenters. The number of fused-ring (bicyclic) bond motifs is 1. The number of nitrogens with one attached hydrogen (secondary N) is 2. The van der Waals surface area contributed by atoms with Crippen LogP contribution in [0.15, 0.2) is 36.7 Å². The van der Waals surface area contributed by atoms with E-state index in [0.717, 1.165) is 29.8 Å². The number of rotatable bonds is 4. The van der Waals surface area contributed by atoms with Gasteiger partial charge in [0.05, 0.1) is 11.4 Å². The SMILES string of the molecule is CN(CC1NNC2CCCC21)c1nccc(-c2ccccn2)n1. The van der Waals surface area contributed by atoms with E-state index in [-0.39, 0.29) is 0 Å². The third-order valence-electron chi connectivity index (χ3n) is 4.92. The molecule has 2 aromatic rings. The van der Waals surface area contributed by atoms with Gasteiger partial charge in [0, 0.05) is 38.1 Å². The average Bonchev–Trinajstić information content (AvgIpc) is 3.21. The van der Waals surface area contributed by atoms with Gasteiger partial charge in [-0.2, -0.15) is 0 Å². The lowest BCUT2D eigenvalue weighted by Gasteiger charge is -2.24. The van der Waals surface area contributed by atoms with Crippen molar-refractivity contribution in [3.8, 4) is 11.4 Å². The van der Waals surface area contributed by atoms with Crippen molar-refractivity contribution in [1.82, 2.24) is 25.8 Å². The third-order valence-corrected chi connectivity index (χ3v) is 4.92. The summed E-state index contributed by atoms with van der Waals surface area (Å²) in [5, 5.41) is 0. The van der Waals surface area contributed by atoms with Crippen LogP contribution < -0.4 is 15.8 Å². The Morgan fingerprint density at radius 1 is 1.09 bits per heavy atom. The number of pyridine rings is 1. The Labute approximate surface area is 136 Å². The zero-order chi connectivity index (χ0) is 15.6. The highest BCUT2D eigenvalue weighted by atomic mass is 15.4. The van der Waals surface area contributed by atoms with Crippen LogP contribution in [0.4, 0.5) is 5.95 Å². The Kier molecular flexibility index (Phi) is 3.93. The van der Waals surface area contributed by atoms with E-state index in [2.05, 4.69) is 37.8 Å². The summed E-state index contributed by atoms with van der Waals surface area (Å²) in [5.74, 6) is 1.47. The fourth-order valence-corrected chi connectivity index (χ4v) is 3.72. The molecule has 4 rings (SSSR count). The normalized spacial score (nSPS) is 26.2. The quantitative estimate of drug-likeness (QED) is 0.894. The fourth-order valence-electron chi connectivity index (χ4n) is 3.72. The molecule has 23 heavy (non-hydrogen) atoms. The zero-order valence-electron chi connectivity index (χ0n) is 13.3.